The number of aryl methyl sites for hydroxylation is 1. The van der Waals surface area contributed by atoms with Crippen molar-refractivity contribution in [2.75, 3.05) is 0 Å². The van der Waals surface area contributed by atoms with Crippen LogP contribution in [-0.4, -0.2) is 20.9 Å². The molecule has 0 amide bonds. The minimum absolute atomic E-state index is 0.178. The molecular weight excluding hydrogens is 252 g/mol. The fourth-order valence-electron chi connectivity index (χ4n) is 3.63. The van der Waals surface area contributed by atoms with Crippen LogP contribution in [0.1, 0.15) is 40.0 Å². The zero-order valence-corrected chi connectivity index (χ0v) is 11.0. The summed E-state index contributed by atoms with van der Waals surface area (Å²) in [6.45, 7) is 0. The number of rotatable bonds is 0. The Morgan fingerprint density at radius 3 is 3.05 bits per heavy atom. The number of nitrogens with zero attached hydrogens (tertiary/aromatic N) is 2. The fourth-order valence-corrected chi connectivity index (χ4v) is 3.63. The predicted octanol–water partition coefficient (Wildman–Crippen LogP) is 2.20. The molecule has 2 aromatic rings. The second-order valence-electron chi connectivity index (χ2n) is 5.78. The number of carbonyl (C=O) groups is 1. The lowest BCUT2D eigenvalue weighted by Crippen LogP contribution is -2.32. The molecule has 0 bridgehead atoms. The largest absolute Gasteiger partial charge is 0.508 e. The van der Waals surface area contributed by atoms with E-state index in [1.807, 2.05) is 6.20 Å². The van der Waals surface area contributed by atoms with Crippen LogP contribution in [-0.2, 0) is 18.3 Å². The molecule has 0 aliphatic heterocycles. The van der Waals surface area contributed by atoms with Crippen molar-refractivity contribution in [3.8, 4) is 5.75 Å². The molecule has 1 spiro atoms. The Hall–Kier alpha value is -2.23. The van der Waals surface area contributed by atoms with Gasteiger partial charge in [0.15, 0.2) is 5.78 Å². The van der Waals surface area contributed by atoms with Gasteiger partial charge in [-0.3, -0.25) is 4.79 Å². The lowest BCUT2D eigenvalue weighted by molar-refractivity contribution is 0.0969. The zero-order valence-electron chi connectivity index (χ0n) is 11.0. The third-order valence-electron chi connectivity index (χ3n) is 4.63. The van der Waals surface area contributed by atoms with E-state index in [2.05, 4.69) is 9.97 Å². The lowest BCUT2D eigenvalue weighted by atomic mass is 9.70. The van der Waals surface area contributed by atoms with Crippen LogP contribution in [0.15, 0.2) is 30.7 Å². The van der Waals surface area contributed by atoms with Crippen molar-refractivity contribution in [2.45, 2.75) is 31.1 Å². The van der Waals surface area contributed by atoms with Crippen LogP contribution < -0.4 is 0 Å². The van der Waals surface area contributed by atoms with Gasteiger partial charge in [-0.25, -0.2) is 9.97 Å². The van der Waals surface area contributed by atoms with Crippen molar-refractivity contribution in [1.82, 2.24) is 9.97 Å². The van der Waals surface area contributed by atoms with Crippen LogP contribution >= 0.6 is 0 Å². The van der Waals surface area contributed by atoms with Gasteiger partial charge in [0.2, 0.25) is 0 Å². The first-order valence-corrected chi connectivity index (χ1v) is 6.82. The van der Waals surface area contributed by atoms with Crippen molar-refractivity contribution in [3.63, 3.8) is 0 Å². The molecule has 1 heterocycles. The number of aromatic hydroxyl groups is 1. The van der Waals surface area contributed by atoms with Gasteiger partial charge in [-0.2, -0.15) is 0 Å². The summed E-state index contributed by atoms with van der Waals surface area (Å²) in [6, 6.07) is 5.10. The van der Waals surface area contributed by atoms with E-state index < -0.39 is 0 Å². The first kappa shape index (κ1) is 11.6. The normalized spacial score (nSPS) is 23.7. The number of fused-ring (bicyclic) bond motifs is 3. The van der Waals surface area contributed by atoms with E-state index in [1.165, 1.54) is 5.56 Å². The summed E-state index contributed by atoms with van der Waals surface area (Å²) in [4.78, 5) is 20.7. The van der Waals surface area contributed by atoms with Gasteiger partial charge in [0.25, 0.3) is 0 Å². The molecule has 4 nitrogen and oxygen atoms in total. The number of phenolic OH excluding ortho intramolecular Hbond substituents is 1. The zero-order chi connectivity index (χ0) is 13.7. The first-order chi connectivity index (χ1) is 9.68. The molecule has 100 valence electrons. The molecule has 1 atom stereocenters. The lowest BCUT2D eigenvalue weighted by Gasteiger charge is -2.34. The minimum Gasteiger partial charge on any atom is -0.508 e. The average Bonchev–Trinajstić information content (AvgIpc) is 2.71. The van der Waals surface area contributed by atoms with Crippen LogP contribution in [0.5, 0.6) is 5.75 Å². The number of Topliss-reactive ketones (excluding diaryl/α,β-unsaturated/α-hetero) is 1. The van der Waals surface area contributed by atoms with E-state index in [1.54, 1.807) is 24.5 Å². The number of carbonyl (C=O) groups excluding carboxylic acids is 1. The highest BCUT2D eigenvalue weighted by atomic mass is 16.3. The summed E-state index contributed by atoms with van der Waals surface area (Å²) in [5.74, 6) is 0.406. The van der Waals surface area contributed by atoms with E-state index in [0.717, 1.165) is 36.1 Å². The topological polar surface area (TPSA) is 63.1 Å². The van der Waals surface area contributed by atoms with Gasteiger partial charge in [0.05, 0.1) is 0 Å². The molecular formula is C16H14N2O2. The number of phenols is 1. The summed E-state index contributed by atoms with van der Waals surface area (Å²) in [5.41, 5.74) is 3.79. The third-order valence-corrected chi connectivity index (χ3v) is 4.63. The number of hydrogen-bond acceptors (Lipinski definition) is 4. The maximum Gasteiger partial charge on any atom is 0.164 e. The quantitative estimate of drug-likeness (QED) is 0.794. The molecule has 4 rings (SSSR count). The molecule has 1 N–H and O–H groups in total. The standard InChI is InChI=1S/C16H14N2O2/c19-11-1-2-12-13(5-11)16(7-15(12)20)4-3-10-8-17-9-18-14(10)6-16/h1-2,5,8-9,19H,3-4,6-7H2. The van der Waals surface area contributed by atoms with E-state index in [0.29, 0.717) is 6.42 Å². The van der Waals surface area contributed by atoms with Gasteiger partial charge >= 0.3 is 0 Å². The Morgan fingerprint density at radius 2 is 2.15 bits per heavy atom. The highest BCUT2D eigenvalue weighted by molar-refractivity contribution is 6.02. The Morgan fingerprint density at radius 1 is 1.25 bits per heavy atom. The van der Waals surface area contributed by atoms with Crippen LogP contribution in [0.4, 0.5) is 0 Å². The minimum atomic E-state index is -0.188. The highest BCUT2D eigenvalue weighted by Gasteiger charge is 2.45. The summed E-state index contributed by atoms with van der Waals surface area (Å²) in [6.07, 6.45) is 6.52. The van der Waals surface area contributed by atoms with Crippen LogP contribution in [0.25, 0.3) is 0 Å². The number of hydrogen-bond donors (Lipinski definition) is 1. The molecule has 2 aliphatic carbocycles. The Balaban J connectivity index is 1.85. The molecule has 1 aromatic carbocycles. The van der Waals surface area contributed by atoms with E-state index in [-0.39, 0.29) is 16.9 Å². The SMILES string of the molecule is O=C1CC2(CCc3cncnc3C2)c2cc(O)ccc21. The van der Waals surface area contributed by atoms with E-state index in [4.69, 9.17) is 0 Å². The second kappa shape index (κ2) is 3.88. The molecule has 1 aromatic heterocycles. The van der Waals surface area contributed by atoms with Gasteiger partial charge in [0, 0.05) is 35.7 Å². The smallest absolute Gasteiger partial charge is 0.164 e. The summed E-state index contributed by atoms with van der Waals surface area (Å²) in [7, 11) is 0. The Bertz CT molecular complexity index is 726. The molecule has 4 heteroatoms. The summed E-state index contributed by atoms with van der Waals surface area (Å²) < 4.78 is 0. The van der Waals surface area contributed by atoms with E-state index in [9.17, 15) is 9.90 Å². The van der Waals surface area contributed by atoms with Gasteiger partial charge < -0.3 is 5.11 Å². The van der Waals surface area contributed by atoms with E-state index >= 15 is 0 Å². The first-order valence-electron chi connectivity index (χ1n) is 6.82. The van der Waals surface area contributed by atoms with Crippen LogP contribution in [0.3, 0.4) is 0 Å². The molecule has 0 saturated carbocycles. The highest BCUT2D eigenvalue weighted by Crippen LogP contribution is 2.47. The Kier molecular flexibility index (Phi) is 2.25. The van der Waals surface area contributed by atoms with Crippen molar-refractivity contribution in [2.24, 2.45) is 0 Å². The predicted molar refractivity (Wildman–Crippen MR) is 72.8 cm³/mol. The summed E-state index contributed by atoms with van der Waals surface area (Å²) >= 11 is 0. The molecule has 20 heavy (non-hydrogen) atoms. The second-order valence-corrected chi connectivity index (χ2v) is 5.78. The molecule has 0 radical (unpaired) electrons. The number of ketones is 1. The van der Waals surface area contributed by atoms with Crippen LogP contribution in [0, 0.1) is 0 Å². The summed E-state index contributed by atoms with van der Waals surface area (Å²) in [5, 5.41) is 9.75. The van der Waals surface area contributed by atoms with Gasteiger partial charge in [-0.1, -0.05) is 0 Å². The third kappa shape index (κ3) is 1.51. The molecule has 0 saturated heterocycles. The van der Waals surface area contributed by atoms with Gasteiger partial charge in [-0.05, 0) is 42.2 Å². The number of aromatic nitrogens is 2. The fraction of sp³-hybridized carbons (Fsp3) is 0.312. The van der Waals surface area contributed by atoms with Crippen molar-refractivity contribution < 1.29 is 9.90 Å². The Labute approximate surface area is 116 Å². The number of benzene rings is 1. The van der Waals surface area contributed by atoms with Gasteiger partial charge in [-0.15, -0.1) is 0 Å². The monoisotopic (exact) mass is 266 g/mol. The van der Waals surface area contributed by atoms with Crippen molar-refractivity contribution in [1.29, 1.82) is 0 Å². The average molecular weight is 266 g/mol. The maximum absolute atomic E-state index is 12.2. The van der Waals surface area contributed by atoms with Crippen molar-refractivity contribution in [3.05, 3.63) is 53.1 Å². The maximum atomic E-state index is 12.2. The van der Waals surface area contributed by atoms with Crippen LogP contribution in [0.2, 0.25) is 0 Å². The molecule has 2 aliphatic rings. The molecule has 1 unspecified atom stereocenters. The molecule has 0 fully saturated rings. The van der Waals surface area contributed by atoms with Gasteiger partial charge in [0.1, 0.15) is 12.1 Å². The van der Waals surface area contributed by atoms with Crippen molar-refractivity contribution >= 4 is 5.78 Å².